The molecule has 1 rings (SSSR count). The Morgan fingerprint density at radius 1 is 1.39 bits per heavy atom. The molecule has 0 aromatic carbocycles. The first kappa shape index (κ1) is 14.5. The predicted octanol–water partition coefficient (Wildman–Crippen LogP) is 1.26. The Morgan fingerprint density at radius 3 is 2.50 bits per heavy atom. The van der Waals surface area contributed by atoms with E-state index in [1.54, 1.807) is 4.90 Å². The van der Waals surface area contributed by atoms with Crippen molar-refractivity contribution >= 4 is 11.9 Å². The molecule has 2 N–H and O–H groups in total. The Hall–Kier alpha value is -1.52. The van der Waals surface area contributed by atoms with E-state index in [2.05, 4.69) is 10.6 Å². The van der Waals surface area contributed by atoms with Crippen molar-refractivity contribution in [1.82, 2.24) is 15.5 Å². The number of carbonyl (C=O) groups excluding carboxylic acids is 2. The van der Waals surface area contributed by atoms with Gasteiger partial charge < -0.3 is 15.5 Å². The zero-order valence-electron chi connectivity index (χ0n) is 11.7. The van der Waals surface area contributed by atoms with Crippen molar-refractivity contribution in [2.45, 2.75) is 39.7 Å². The number of nitrogens with one attached hydrogen (secondary N) is 2. The van der Waals surface area contributed by atoms with E-state index >= 15 is 0 Å². The van der Waals surface area contributed by atoms with Gasteiger partial charge >= 0.3 is 6.03 Å². The summed E-state index contributed by atoms with van der Waals surface area (Å²) in [5, 5.41) is 5.69. The maximum atomic E-state index is 11.9. The Kier molecular flexibility index (Phi) is 4.76. The van der Waals surface area contributed by atoms with E-state index in [0.29, 0.717) is 26.1 Å². The number of urea groups is 1. The summed E-state index contributed by atoms with van der Waals surface area (Å²) in [4.78, 5) is 25.2. The summed E-state index contributed by atoms with van der Waals surface area (Å²) in [7, 11) is 0. The maximum Gasteiger partial charge on any atom is 0.318 e. The lowest BCUT2D eigenvalue weighted by Gasteiger charge is -2.30. The number of likely N-dealkylation sites (N-methyl/N-ethyl adjacent to an activating group) is 1. The van der Waals surface area contributed by atoms with E-state index in [-0.39, 0.29) is 17.5 Å². The normalized spacial score (nSPS) is 16.0. The fourth-order valence-corrected chi connectivity index (χ4v) is 1.73. The number of amides is 3. The van der Waals surface area contributed by atoms with E-state index in [4.69, 9.17) is 0 Å². The summed E-state index contributed by atoms with van der Waals surface area (Å²) in [6, 6.07) is -0.0753. The van der Waals surface area contributed by atoms with Crippen LogP contribution in [0.25, 0.3) is 0 Å². The monoisotopic (exact) mass is 253 g/mol. The van der Waals surface area contributed by atoms with Gasteiger partial charge in [-0.15, -0.1) is 0 Å². The van der Waals surface area contributed by atoms with Crippen LogP contribution in [0.5, 0.6) is 0 Å². The van der Waals surface area contributed by atoms with Crippen molar-refractivity contribution in [3.05, 3.63) is 11.6 Å². The zero-order valence-corrected chi connectivity index (χ0v) is 11.7. The Bertz CT molecular complexity index is 356. The van der Waals surface area contributed by atoms with Gasteiger partial charge in [0.1, 0.15) is 0 Å². The Morgan fingerprint density at radius 2 is 2.06 bits per heavy atom. The number of hydrogen-bond donors (Lipinski definition) is 2. The zero-order chi connectivity index (χ0) is 13.8. The second kappa shape index (κ2) is 5.89. The topological polar surface area (TPSA) is 61.4 Å². The lowest BCUT2D eigenvalue weighted by atomic mass is 10.1. The summed E-state index contributed by atoms with van der Waals surface area (Å²) in [5.74, 6) is -0.0200. The lowest BCUT2D eigenvalue weighted by Crippen LogP contribution is -2.50. The van der Waals surface area contributed by atoms with Crippen LogP contribution in [0, 0.1) is 0 Å². The second-order valence-electron chi connectivity index (χ2n) is 5.46. The minimum Gasteiger partial charge on any atom is -0.353 e. The van der Waals surface area contributed by atoms with Crippen molar-refractivity contribution < 1.29 is 9.59 Å². The van der Waals surface area contributed by atoms with E-state index in [9.17, 15) is 9.59 Å². The highest BCUT2D eigenvalue weighted by atomic mass is 16.2. The molecule has 1 aliphatic heterocycles. The molecule has 0 bridgehead atoms. The smallest absolute Gasteiger partial charge is 0.318 e. The van der Waals surface area contributed by atoms with Crippen molar-refractivity contribution in [2.24, 2.45) is 0 Å². The van der Waals surface area contributed by atoms with Crippen LogP contribution in [-0.4, -0.2) is 42.0 Å². The highest BCUT2D eigenvalue weighted by Gasteiger charge is 2.22. The van der Waals surface area contributed by atoms with Crippen LogP contribution in [0.1, 0.15) is 34.1 Å². The van der Waals surface area contributed by atoms with Gasteiger partial charge in [0.25, 0.3) is 0 Å². The van der Waals surface area contributed by atoms with Crippen LogP contribution in [0.2, 0.25) is 0 Å². The molecule has 0 aliphatic carbocycles. The van der Waals surface area contributed by atoms with Gasteiger partial charge in [-0.1, -0.05) is 6.08 Å². The van der Waals surface area contributed by atoms with Crippen molar-refractivity contribution in [1.29, 1.82) is 0 Å². The highest BCUT2D eigenvalue weighted by molar-refractivity contribution is 5.93. The third-order valence-electron chi connectivity index (χ3n) is 2.61. The molecule has 0 aromatic rings. The molecule has 0 aromatic heterocycles. The second-order valence-corrected chi connectivity index (χ2v) is 5.46. The van der Waals surface area contributed by atoms with Crippen LogP contribution >= 0.6 is 0 Å². The SMILES string of the molecule is CCNC(=O)C1=CCN(C(=O)NC(C)(C)C)CC1. The summed E-state index contributed by atoms with van der Waals surface area (Å²) < 4.78 is 0. The fourth-order valence-electron chi connectivity index (χ4n) is 1.73. The molecule has 0 atom stereocenters. The molecule has 102 valence electrons. The molecular weight excluding hydrogens is 230 g/mol. The quantitative estimate of drug-likeness (QED) is 0.778. The molecule has 0 spiro atoms. The van der Waals surface area contributed by atoms with Gasteiger partial charge in [0, 0.05) is 30.7 Å². The first-order chi connectivity index (χ1) is 8.33. The third kappa shape index (κ3) is 4.39. The van der Waals surface area contributed by atoms with Crippen LogP contribution in [0.3, 0.4) is 0 Å². The van der Waals surface area contributed by atoms with Crippen LogP contribution < -0.4 is 10.6 Å². The minimum absolute atomic E-state index is 0.0200. The molecule has 18 heavy (non-hydrogen) atoms. The average Bonchev–Trinajstić information content (AvgIpc) is 2.27. The van der Waals surface area contributed by atoms with Crippen LogP contribution in [0.4, 0.5) is 4.79 Å². The minimum atomic E-state index is -0.235. The molecule has 0 fully saturated rings. The van der Waals surface area contributed by atoms with Crippen LogP contribution in [-0.2, 0) is 4.79 Å². The fraction of sp³-hybridized carbons (Fsp3) is 0.692. The lowest BCUT2D eigenvalue weighted by molar-refractivity contribution is -0.117. The largest absolute Gasteiger partial charge is 0.353 e. The number of hydrogen-bond acceptors (Lipinski definition) is 2. The molecule has 3 amide bonds. The molecular formula is C13H23N3O2. The first-order valence-electron chi connectivity index (χ1n) is 6.38. The Balaban J connectivity index is 2.52. The number of rotatable bonds is 2. The standard InChI is InChI=1S/C13H23N3O2/c1-5-14-11(17)10-6-8-16(9-7-10)12(18)15-13(2,3)4/h6H,5,7-9H2,1-4H3,(H,14,17)(H,15,18). The first-order valence-corrected chi connectivity index (χ1v) is 6.38. The van der Waals surface area contributed by atoms with E-state index in [1.807, 2.05) is 33.8 Å². The van der Waals surface area contributed by atoms with Crippen molar-refractivity contribution in [2.75, 3.05) is 19.6 Å². The number of carbonyl (C=O) groups is 2. The molecule has 0 saturated heterocycles. The molecule has 1 aliphatic rings. The number of nitrogens with zero attached hydrogens (tertiary/aromatic N) is 1. The van der Waals surface area contributed by atoms with Gasteiger partial charge in [0.2, 0.25) is 5.91 Å². The summed E-state index contributed by atoms with van der Waals surface area (Å²) in [5.41, 5.74) is 0.539. The summed E-state index contributed by atoms with van der Waals surface area (Å²) in [6.45, 7) is 9.45. The molecule has 0 saturated carbocycles. The van der Waals surface area contributed by atoms with Gasteiger partial charge in [0.15, 0.2) is 0 Å². The molecule has 5 nitrogen and oxygen atoms in total. The van der Waals surface area contributed by atoms with Gasteiger partial charge in [0.05, 0.1) is 0 Å². The highest BCUT2D eigenvalue weighted by Crippen LogP contribution is 2.12. The summed E-state index contributed by atoms with van der Waals surface area (Å²) >= 11 is 0. The molecule has 0 unspecified atom stereocenters. The van der Waals surface area contributed by atoms with Gasteiger partial charge in [-0.25, -0.2) is 4.79 Å². The van der Waals surface area contributed by atoms with E-state index < -0.39 is 0 Å². The molecule has 0 radical (unpaired) electrons. The Labute approximate surface area is 109 Å². The van der Waals surface area contributed by atoms with Crippen LogP contribution in [0.15, 0.2) is 11.6 Å². The van der Waals surface area contributed by atoms with E-state index in [1.165, 1.54) is 0 Å². The predicted molar refractivity (Wildman–Crippen MR) is 71.2 cm³/mol. The van der Waals surface area contributed by atoms with Gasteiger partial charge in [-0.05, 0) is 34.1 Å². The summed E-state index contributed by atoms with van der Waals surface area (Å²) in [6.07, 6.45) is 2.44. The third-order valence-corrected chi connectivity index (χ3v) is 2.61. The van der Waals surface area contributed by atoms with Crippen molar-refractivity contribution in [3.63, 3.8) is 0 Å². The van der Waals surface area contributed by atoms with Crippen molar-refractivity contribution in [3.8, 4) is 0 Å². The van der Waals surface area contributed by atoms with Gasteiger partial charge in [-0.3, -0.25) is 4.79 Å². The maximum absolute atomic E-state index is 11.9. The van der Waals surface area contributed by atoms with E-state index in [0.717, 1.165) is 5.57 Å². The van der Waals surface area contributed by atoms with Gasteiger partial charge in [-0.2, -0.15) is 0 Å². The average molecular weight is 253 g/mol. The molecule has 5 heteroatoms. The molecule has 1 heterocycles.